The van der Waals surface area contributed by atoms with E-state index in [9.17, 15) is 4.79 Å². The van der Waals surface area contributed by atoms with Crippen molar-refractivity contribution in [3.8, 4) is 17.2 Å². The smallest absolute Gasteiger partial charge is 0.259 e. The summed E-state index contributed by atoms with van der Waals surface area (Å²) in [4.78, 5) is 12.8. The van der Waals surface area contributed by atoms with Crippen molar-refractivity contribution in [2.75, 3.05) is 26.6 Å². The molecule has 0 saturated heterocycles. The fraction of sp³-hybridized carbons (Fsp3) is 0.174. The number of anilines is 1. The second kappa shape index (κ2) is 8.95. The van der Waals surface area contributed by atoms with Gasteiger partial charge in [0.1, 0.15) is 5.75 Å². The molecule has 3 aromatic carbocycles. The van der Waals surface area contributed by atoms with E-state index in [1.165, 1.54) is 12.7 Å². The van der Waals surface area contributed by atoms with E-state index in [2.05, 4.69) is 17.4 Å². The highest BCUT2D eigenvalue weighted by atomic mass is 16.5. The summed E-state index contributed by atoms with van der Waals surface area (Å²) in [6, 6.07) is 20.9. The predicted molar refractivity (Wildman–Crippen MR) is 110 cm³/mol. The lowest BCUT2D eigenvalue weighted by molar-refractivity contribution is 0.102. The summed E-state index contributed by atoms with van der Waals surface area (Å²) < 4.78 is 16.1. The maximum absolute atomic E-state index is 12.8. The van der Waals surface area contributed by atoms with Gasteiger partial charge in [0.15, 0.2) is 11.5 Å². The minimum absolute atomic E-state index is 0.272. The maximum atomic E-state index is 12.8. The number of benzene rings is 3. The van der Waals surface area contributed by atoms with Crippen molar-refractivity contribution in [1.29, 1.82) is 0 Å². The topological polar surface area (TPSA) is 56.8 Å². The van der Waals surface area contributed by atoms with Crippen molar-refractivity contribution >= 4 is 11.6 Å². The van der Waals surface area contributed by atoms with Crippen LogP contribution in [0.4, 0.5) is 5.69 Å². The van der Waals surface area contributed by atoms with Crippen molar-refractivity contribution in [2.45, 2.75) is 6.42 Å². The van der Waals surface area contributed by atoms with Gasteiger partial charge in [-0.2, -0.15) is 0 Å². The van der Waals surface area contributed by atoms with Crippen LogP contribution in [0.15, 0.2) is 66.7 Å². The average molecular weight is 377 g/mol. The fourth-order valence-electron chi connectivity index (χ4n) is 3.07. The van der Waals surface area contributed by atoms with E-state index in [-0.39, 0.29) is 5.91 Å². The molecule has 28 heavy (non-hydrogen) atoms. The fourth-order valence-corrected chi connectivity index (χ4v) is 3.07. The van der Waals surface area contributed by atoms with Crippen molar-refractivity contribution in [2.24, 2.45) is 0 Å². The Kier molecular flexibility index (Phi) is 6.17. The highest BCUT2D eigenvalue weighted by Crippen LogP contribution is 2.32. The van der Waals surface area contributed by atoms with Crippen molar-refractivity contribution in [3.05, 3.63) is 83.4 Å². The van der Waals surface area contributed by atoms with Crippen molar-refractivity contribution in [3.63, 3.8) is 0 Å². The molecule has 1 amide bonds. The molecule has 5 nitrogen and oxygen atoms in total. The Morgan fingerprint density at radius 1 is 0.821 bits per heavy atom. The van der Waals surface area contributed by atoms with Gasteiger partial charge in [-0.3, -0.25) is 4.79 Å². The lowest BCUT2D eigenvalue weighted by atomic mass is 10.0. The van der Waals surface area contributed by atoms with Gasteiger partial charge in [-0.05, 0) is 35.9 Å². The van der Waals surface area contributed by atoms with Gasteiger partial charge in [0.05, 0.1) is 26.9 Å². The monoisotopic (exact) mass is 377 g/mol. The van der Waals surface area contributed by atoms with Gasteiger partial charge in [0.25, 0.3) is 5.91 Å². The summed E-state index contributed by atoms with van der Waals surface area (Å²) >= 11 is 0. The Hall–Kier alpha value is -3.47. The number of hydrogen-bond acceptors (Lipinski definition) is 4. The van der Waals surface area contributed by atoms with Gasteiger partial charge in [0, 0.05) is 17.7 Å². The summed E-state index contributed by atoms with van der Waals surface area (Å²) in [5.41, 5.74) is 3.24. The highest BCUT2D eigenvalue weighted by molar-refractivity contribution is 6.06. The molecule has 5 heteroatoms. The molecule has 0 spiro atoms. The summed E-state index contributed by atoms with van der Waals surface area (Å²) in [6.07, 6.45) is 0.705. The van der Waals surface area contributed by atoms with Gasteiger partial charge in [-0.15, -0.1) is 0 Å². The zero-order valence-electron chi connectivity index (χ0n) is 16.2. The summed E-state index contributed by atoms with van der Waals surface area (Å²) in [6.45, 7) is 0. The Balaban J connectivity index is 1.87. The maximum Gasteiger partial charge on any atom is 0.259 e. The number of hydrogen-bond donors (Lipinski definition) is 1. The molecule has 144 valence electrons. The van der Waals surface area contributed by atoms with Crippen molar-refractivity contribution in [1.82, 2.24) is 0 Å². The Bertz CT molecular complexity index is 954. The zero-order valence-corrected chi connectivity index (χ0v) is 16.2. The van der Waals surface area contributed by atoms with Crippen LogP contribution in [0.1, 0.15) is 21.5 Å². The molecule has 3 rings (SSSR count). The molecule has 0 atom stereocenters. The Morgan fingerprint density at radius 3 is 2.25 bits per heavy atom. The summed E-state index contributed by atoms with van der Waals surface area (Å²) in [5, 5.41) is 2.93. The van der Waals surface area contributed by atoms with E-state index < -0.39 is 0 Å². The third-order valence-electron chi connectivity index (χ3n) is 4.42. The number of carbonyl (C=O) groups excluding carboxylic acids is 1. The first-order valence-corrected chi connectivity index (χ1v) is 8.89. The molecule has 1 N–H and O–H groups in total. The molecular formula is C23H23NO4. The van der Waals surface area contributed by atoms with E-state index in [0.29, 0.717) is 29.2 Å². The van der Waals surface area contributed by atoms with Gasteiger partial charge in [-0.25, -0.2) is 0 Å². The lowest BCUT2D eigenvalue weighted by Crippen LogP contribution is -2.14. The first-order chi connectivity index (χ1) is 13.7. The molecule has 3 aromatic rings. The predicted octanol–water partition coefficient (Wildman–Crippen LogP) is 4.56. The molecule has 0 bridgehead atoms. The molecule has 0 heterocycles. The molecule has 0 fully saturated rings. The minimum atomic E-state index is -0.272. The van der Waals surface area contributed by atoms with E-state index in [1.807, 2.05) is 36.4 Å². The number of nitrogens with one attached hydrogen (secondary N) is 1. The van der Waals surface area contributed by atoms with Crippen LogP contribution in [0.25, 0.3) is 0 Å². The van der Waals surface area contributed by atoms with Gasteiger partial charge in [0.2, 0.25) is 0 Å². The van der Waals surface area contributed by atoms with Gasteiger partial charge >= 0.3 is 0 Å². The third kappa shape index (κ3) is 4.26. The standard InChI is InChI=1S/C23H23NO4/c1-26-20-13-12-18(15-17(20)14-16-8-5-4-6-9-16)24-23(25)19-10-7-11-21(27-2)22(19)28-3/h4-13,15H,14H2,1-3H3,(H,24,25). The largest absolute Gasteiger partial charge is 0.496 e. The van der Waals surface area contributed by atoms with Crippen LogP contribution in [0, 0.1) is 0 Å². The number of ether oxygens (including phenoxy) is 3. The molecule has 0 aromatic heterocycles. The number of methoxy groups -OCH3 is 3. The molecule has 0 saturated carbocycles. The quantitative estimate of drug-likeness (QED) is 0.656. The van der Waals surface area contributed by atoms with Crippen LogP contribution in [-0.4, -0.2) is 27.2 Å². The number of carbonyl (C=O) groups is 1. The summed E-state index contributed by atoms with van der Waals surface area (Å²) in [5.74, 6) is 1.42. The number of para-hydroxylation sites is 1. The Morgan fingerprint density at radius 2 is 1.57 bits per heavy atom. The average Bonchev–Trinajstić information content (AvgIpc) is 2.74. The van der Waals surface area contributed by atoms with E-state index in [4.69, 9.17) is 14.2 Å². The molecule has 0 radical (unpaired) electrons. The van der Waals surface area contributed by atoms with Crippen LogP contribution < -0.4 is 19.5 Å². The molecule has 0 aliphatic heterocycles. The minimum Gasteiger partial charge on any atom is -0.496 e. The normalized spacial score (nSPS) is 10.2. The molecule has 0 aliphatic rings. The first kappa shape index (κ1) is 19.3. The molecule has 0 unspecified atom stereocenters. The van der Waals surface area contributed by atoms with Crippen LogP contribution >= 0.6 is 0 Å². The third-order valence-corrected chi connectivity index (χ3v) is 4.42. The van der Waals surface area contributed by atoms with Crippen LogP contribution in [-0.2, 0) is 6.42 Å². The number of amides is 1. The SMILES string of the molecule is COc1ccc(NC(=O)c2cccc(OC)c2OC)cc1Cc1ccccc1. The van der Waals surface area contributed by atoms with Crippen LogP contribution in [0.2, 0.25) is 0 Å². The van der Waals surface area contributed by atoms with Crippen molar-refractivity contribution < 1.29 is 19.0 Å². The second-order valence-electron chi connectivity index (χ2n) is 6.18. The van der Waals surface area contributed by atoms with Gasteiger partial charge in [-0.1, -0.05) is 36.4 Å². The second-order valence-corrected chi connectivity index (χ2v) is 6.18. The van der Waals surface area contributed by atoms with E-state index >= 15 is 0 Å². The Labute approximate surface area is 164 Å². The van der Waals surface area contributed by atoms with E-state index in [0.717, 1.165) is 11.3 Å². The first-order valence-electron chi connectivity index (χ1n) is 8.89. The van der Waals surface area contributed by atoms with Crippen LogP contribution in [0.5, 0.6) is 17.2 Å². The number of rotatable bonds is 7. The highest BCUT2D eigenvalue weighted by Gasteiger charge is 2.17. The molecule has 0 aliphatic carbocycles. The van der Waals surface area contributed by atoms with E-state index in [1.54, 1.807) is 32.4 Å². The molecular weight excluding hydrogens is 354 g/mol. The zero-order chi connectivity index (χ0) is 19.9. The van der Waals surface area contributed by atoms with Gasteiger partial charge < -0.3 is 19.5 Å². The lowest BCUT2D eigenvalue weighted by Gasteiger charge is -2.14. The van der Waals surface area contributed by atoms with Crippen LogP contribution in [0.3, 0.4) is 0 Å². The summed E-state index contributed by atoms with van der Waals surface area (Å²) in [7, 11) is 4.70.